The lowest BCUT2D eigenvalue weighted by Crippen LogP contribution is -2.21. The van der Waals surface area contributed by atoms with Crippen LogP contribution in [0.5, 0.6) is 0 Å². The van der Waals surface area contributed by atoms with Crippen LogP contribution in [0.25, 0.3) is 0 Å². The maximum absolute atomic E-state index is 11.0. The van der Waals surface area contributed by atoms with Gasteiger partial charge in [-0.3, -0.25) is 10.1 Å². The van der Waals surface area contributed by atoms with Gasteiger partial charge in [0.25, 0.3) is 5.69 Å². The van der Waals surface area contributed by atoms with Gasteiger partial charge in [0.1, 0.15) is 5.69 Å². The van der Waals surface area contributed by atoms with Gasteiger partial charge in [-0.25, -0.2) is 0 Å². The molecule has 1 aromatic carbocycles. The second kappa shape index (κ2) is 4.09. The molecule has 1 heterocycles. The number of nitrogens with zero attached hydrogens (tertiary/aromatic N) is 1. The number of nitro benzene ring substituents is 1. The summed E-state index contributed by atoms with van der Waals surface area (Å²) >= 11 is 2.09. The van der Waals surface area contributed by atoms with Crippen LogP contribution in [0.15, 0.2) is 18.2 Å². The predicted octanol–water partition coefficient (Wildman–Crippen LogP) is 1.83. The van der Waals surface area contributed by atoms with Crippen LogP contribution >= 0.6 is 22.6 Å². The Bertz CT molecular complexity index is 470. The maximum Gasteiger partial charge on any atom is 0.293 e. The average Bonchev–Trinajstić information content (AvgIpc) is 2.75. The fourth-order valence-corrected chi connectivity index (χ4v) is 3.06. The minimum atomic E-state index is -0.319. The Morgan fingerprint density at radius 2 is 2.12 bits per heavy atom. The summed E-state index contributed by atoms with van der Waals surface area (Å²) in [6.07, 6.45) is 0. The van der Waals surface area contributed by atoms with Crippen molar-refractivity contribution >= 4 is 34.0 Å². The zero-order chi connectivity index (χ0) is 12.0. The maximum atomic E-state index is 11.0. The van der Waals surface area contributed by atoms with Crippen LogP contribution in [-0.2, 0) is 0 Å². The van der Waals surface area contributed by atoms with Crippen molar-refractivity contribution in [2.24, 2.45) is 11.8 Å². The van der Waals surface area contributed by atoms with E-state index in [0.717, 1.165) is 16.7 Å². The third kappa shape index (κ3) is 1.99. The highest BCUT2D eigenvalue weighted by Gasteiger charge is 2.53. The van der Waals surface area contributed by atoms with Gasteiger partial charge in [-0.2, -0.15) is 0 Å². The number of piperidine rings is 1. The van der Waals surface area contributed by atoms with Gasteiger partial charge in [0, 0.05) is 28.8 Å². The zero-order valence-electron chi connectivity index (χ0n) is 9.02. The molecule has 2 aliphatic rings. The minimum absolute atomic E-state index is 0.176. The van der Waals surface area contributed by atoms with E-state index in [-0.39, 0.29) is 10.6 Å². The molecule has 2 atom stereocenters. The molecule has 1 aromatic rings. The van der Waals surface area contributed by atoms with Crippen molar-refractivity contribution in [2.45, 2.75) is 6.04 Å². The molecular weight excluding hydrogens is 333 g/mol. The summed E-state index contributed by atoms with van der Waals surface area (Å²) in [6, 6.07) is 5.72. The van der Waals surface area contributed by atoms with Gasteiger partial charge < -0.3 is 10.6 Å². The van der Waals surface area contributed by atoms with Gasteiger partial charge in [-0.15, -0.1) is 0 Å². The van der Waals surface area contributed by atoms with Gasteiger partial charge in [0.05, 0.1) is 4.92 Å². The van der Waals surface area contributed by atoms with Crippen molar-refractivity contribution < 1.29 is 4.92 Å². The molecule has 1 aliphatic heterocycles. The normalized spacial score (nSPS) is 29.8. The summed E-state index contributed by atoms with van der Waals surface area (Å²) in [5, 5.41) is 17.6. The Morgan fingerprint density at radius 3 is 2.76 bits per heavy atom. The van der Waals surface area contributed by atoms with E-state index in [1.807, 2.05) is 6.07 Å². The smallest absolute Gasteiger partial charge is 0.293 e. The summed E-state index contributed by atoms with van der Waals surface area (Å²) in [5.41, 5.74) is 0.824. The standard InChI is InChI=1S/C11H12IN3O2/c12-6-1-2-9(10(3-6)15(16)17)14-11-7-4-13-5-8(7)11/h1-3,7-8,11,13-14H,4-5H2. The molecule has 0 radical (unpaired) electrons. The highest BCUT2D eigenvalue weighted by Crippen LogP contribution is 2.44. The number of fused-ring (bicyclic) bond motifs is 1. The van der Waals surface area contributed by atoms with E-state index in [1.165, 1.54) is 0 Å². The number of benzene rings is 1. The van der Waals surface area contributed by atoms with Crippen molar-refractivity contribution in [3.63, 3.8) is 0 Å². The van der Waals surface area contributed by atoms with Crippen LogP contribution in [0.3, 0.4) is 0 Å². The Kier molecular flexibility index (Phi) is 2.70. The lowest BCUT2D eigenvalue weighted by molar-refractivity contribution is -0.384. The van der Waals surface area contributed by atoms with E-state index in [1.54, 1.807) is 12.1 Å². The van der Waals surface area contributed by atoms with Gasteiger partial charge in [0.15, 0.2) is 0 Å². The second-order valence-corrected chi connectivity index (χ2v) is 5.82. The summed E-state index contributed by atoms with van der Waals surface area (Å²) in [4.78, 5) is 10.7. The van der Waals surface area contributed by atoms with Crippen LogP contribution in [0, 0.1) is 25.5 Å². The topological polar surface area (TPSA) is 67.2 Å². The Labute approximate surface area is 112 Å². The average molecular weight is 345 g/mol. The fraction of sp³-hybridized carbons (Fsp3) is 0.455. The molecule has 17 heavy (non-hydrogen) atoms. The minimum Gasteiger partial charge on any atom is -0.376 e. The highest BCUT2D eigenvalue weighted by atomic mass is 127. The molecule has 2 N–H and O–H groups in total. The molecule has 6 heteroatoms. The van der Waals surface area contributed by atoms with Crippen LogP contribution in [0.2, 0.25) is 0 Å². The molecule has 0 amide bonds. The van der Waals surface area contributed by atoms with Gasteiger partial charge >= 0.3 is 0 Å². The summed E-state index contributed by atoms with van der Waals surface area (Å²) < 4.78 is 0.887. The highest BCUT2D eigenvalue weighted by molar-refractivity contribution is 14.1. The number of anilines is 1. The first kappa shape index (κ1) is 11.2. The molecule has 5 nitrogen and oxygen atoms in total. The number of halogens is 1. The Balaban J connectivity index is 1.81. The van der Waals surface area contributed by atoms with E-state index in [2.05, 4.69) is 33.2 Å². The quantitative estimate of drug-likeness (QED) is 0.498. The van der Waals surface area contributed by atoms with E-state index < -0.39 is 0 Å². The largest absolute Gasteiger partial charge is 0.376 e. The van der Waals surface area contributed by atoms with Crippen molar-refractivity contribution in [1.29, 1.82) is 0 Å². The third-order valence-electron chi connectivity index (χ3n) is 3.57. The second-order valence-electron chi connectivity index (χ2n) is 4.57. The van der Waals surface area contributed by atoms with Crippen LogP contribution < -0.4 is 10.6 Å². The molecule has 2 unspecified atom stereocenters. The molecule has 1 aliphatic carbocycles. The van der Waals surface area contributed by atoms with Crippen LogP contribution in [0.4, 0.5) is 11.4 Å². The molecule has 0 aromatic heterocycles. The first-order chi connectivity index (χ1) is 8.16. The zero-order valence-corrected chi connectivity index (χ0v) is 11.2. The third-order valence-corrected chi connectivity index (χ3v) is 4.24. The Morgan fingerprint density at radius 1 is 1.41 bits per heavy atom. The van der Waals surface area contributed by atoms with Crippen LogP contribution in [-0.4, -0.2) is 24.1 Å². The number of rotatable bonds is 3. The molecule has 1 saturated heterocycles. The molecule has 1 saturated carbocycles. The van der Waals surface area contributed by atoms with E-state index in [9.17, 15) is 10.1 Å². The molecule has 0 spiro atoms. The van der Waals surface area contributed by atoms with Gasteiger partial charge in [0.2, 0.25) is 0 Å². The molecule has 0 bridgehead atoms. The van der Waals surface area contributed by atoms with E-state index in [0.29, 0.717) is 23.6 Å². The number of hydrogen-bond acceptors (Lipinski definition) is 4. The first-order valence-electron chi connectivity index (χ1n) is 5.58. The summed E-state index contributed by atoms with van der Waals surface area (Å²) in [7, 11) is 0. The molecule has 3 rings (SSSR count). The first-order valence-corrected chi connectivity index (χ1v) is 6.66. The van der Waals surface area contributed by atoms with Gasteiger partial charge in [-0.05, 0) is 46.6 Å². The monoisotopic (exact) mass is 345 g/mol. The number of nitrogens with one attached hydrogen (secondary N) is 2. The van der Waals surface area contributed by atoms with Crippen molar-refractivity contribution in [1.82, 2.24) is 5.32 Å². The molecule has 90 valence electrons. The number of hydrogen-bond donors (Lipinski definition) is 2. The van der Waals surface area contributed by atoms with Crippen molar-refractivity contribution in [3.8, 4) is 0 Å². The van der Waals surface area contributed by atoms with E-state index in [4.69, 9.17) is 0 Å². The Hall–Kier alpha value is -0.890. The molecule has 2 fully saturated rings. The summed E-state index contributed by atoms with van der Waals surface area (Å²) in [6.45, 7) is 2.06. The number of nitro groups is 1. The van der Waals surface area contributed by atoms with E-state index >= 15 is 0 Å². The lowest BCUT2D eigenvalue weighted by atomic mass is 10.2. The fourth-order valence-electron chi connectivity index (χ4n) is 2.59. The summed E-state index contributed by atoms with van der Waals surface area (Å²) in [5.74, 6) is 1.29. The van der Waals surface area contributed by atoms with Crippen LogP contribution in [0.1, 0.15) is 0 Å². The molecular formula is C11H12IN3O2. The SMILES string of the molecule is O=[N+]([O-])c1cc(I)ccc1NC1C2CNCC21. The lowest BCUT2D eigenvalue weighted by Gasteiger charge is -2.09. The van der Waals surface area contributed by atoms with Crippen molar-refractivity contribution in [2.75, 3.05) is 18.4 Å². The van der Waals surface area contributed by atoms with Crippen molar-refractivity contribution in [3.05, 3.63) is 31.9 Å². The van der Waals surface area contributed by atoms with Gasteiger partial charge in [-0.1, -0.05) is 0 Å². The predicted molar refractivity (Wildman–Crippen MR) is 73.1 cm³/mol.